The van der Waals surface area contributed by atoms with Crippen LogP contribution in [0, 0.1) is 0 Å². The number of carbonyl (C=O) groups is 1. The zero-order chi connectivity index (χ0) is 16.2. The molecule has 0 spiro atoms. The molecule has 1 aromatic carbocycles. The van der Waals surface area contributed by atoms with Crippen LogP contribution in [-0.4, -0.2) is 22.2 Å². The highest BCUT2D eigenvalue weighted by Gasteiger charge is 2.18. The summed E-state index contributed by atoms with van der Waals surface area (Å²) in [6.07, 6.45) is 2.44. The number of hydrogen-bond donors (Lipinski definition) is 1. The Hall–Kier alpha value is -2.53. The Balaban J connectivity index is 2.04. The van der Waals surface area contributed by atoms with Crippen LogP contribution in [-0.2, 0) is 0 Å². The summed E-state index contributed by atoms with van der Waals surface area (Å²) in [6.45, 7) is 2.62. The van der Waals surface area contributed by atoms with E-state index in [1.54, 1.807) is 35.2 Å². The summed E-state index contributed by atoms with van der Waals surface area (Å²) >= 11 is 5.93. The molecule has 0 aliphatic heterocycles. The maximum Gasteiger partial charge on any atom is 0.270 e. The molecule has 1 N–H and O–H groups in total. The van der Waals surface area contributed by atoms with Crippen molar-refractivity contribution in [2.24, 2.45) is 0 Å². The van der Waals surface area contributed by atoms with Crippen molar-refractivity contribution in [3.8, 4) is 17.1 Å². The van der Waals surface area contributed by atoms with Crippen LogP contribution in [0.2, 0.25) is 5.02 Å². The average molecular weight is 330 g/mol. The third-order valence-corrected chi connectivity index (χ3v) is 3.57. The molecule has 0 radical (unpaired) electrons. The minimum absolute atomic E-state index is 0.174. The zero-order valence-electron chi connectivity index (χ0n) is 12.6. The fourth-order valence-corrected chi connectivity index (χ4v) is 2.32. The molecule has 0 unspecified atom stereocenters. The van der Waals surface area contributed by atoms with Gasteiger partial charge in [-0.25, -0.2) is 4.68 Å². The molecule has 1 amide bonds. The van der Waals surface area contributed by atoms with Gasteiger partial charge in [0.25, 0.3) is 5.91 Å². The topological polar surface area (TPSA) is 60.1 Å². The highest BCUT2D eigenvalue weighted by atomic mass is 35.5. The van der Waals surface area contributed by atoms with E-state index in [4.69, 9.17) is 16.0 Å². The quantitative estimate of drug-likeness (QED) is 0.771. The molecule has 5 nitrogen and oxygen atoms in total. The van der Waals surface area contributed by atoms with Crippen LogP contribution < -0.4 is 5.32 Å². The van der Waals surface area contributed by atoms with Gasteiger partial charge >= 0.3 is 0 Å². The maximum absolute atomic E-state index is 12.4. The SMILES string of the molecule is CCCNC(=O)c1cc(-c2ccco2)nn1-c1ccc(Cl)cc1. The Labute approximate surface area is 138 Å². The number of carbonyl (C=O) groups excluding carboxylic acids is 1. The lowest BCUT2D eigenvalue weighted by atomic mass is 10.2. The summed E-state index contributed by atoms with van der Waals surface area (Å²) in [7, 11) is 0. The molecular weight excluding hydrogens is 314 g/mol. The van der Waals surface area contributed by atoms with Gasteiger partial charge < -0.3 is 9.73 Å². The van der Waals surface area contributed by atoms with Crippen LogP contribution in [0.3, 0.4) is 0 Å². The van der Waals surface area contributed by atoms with Gasteiger partial charge in [-0.05, 0) is 42.8 Å². The second-order valence-corrected chi connectivity index (χ2v) is 5.47. The van der Waals surface area contributed by atoms with E-state index in [-0.39, 0.29) is 5.91 Å². The Kier molecular flexibility index (Phi) is 4.48. The maximum atomic E-state index is 12.4. The van der Waals surface area contributed by atoms with Gasteiger partial charge in [-0.1, -0.05) is 18.5 Å². The number of rotatable bonds is 5. The molecule has 0 atom stereocenters. The lowest BCUT2D eigenvalue weighted by molar-refractivity contribution is 0.0946. The third kappa shape index (κ3) is 3.29. The van der Waals surface area contributed by atoms with Crippen molar-refractivity contribution in [3.63, 3.8) is 0 Å². The standard InChI is InChI=1S/C17H16ClN3O2/c1-2-9-19-17(22)15-11-14(16-4-3-10-23-16)20-21(15)13-7-5-12(18)6-8-13/h3-8,10-11H,2,9H2,1H3,(H,19,22). The van der Waals surface area contributed by atoms with Gasteiger partial charge in [0, 0.05) is 17.6 Å². The molecule has 0 saturated heterocycles. The van der Waals surface area contributed by atoms with Crippen LogP contribution in [0.15, 0.2) is 53.1 Å². The van der Waals surface area contributed by atoms with E-state index in [0.717, 1.165) is 12.1 Å². The van der Waals surface area contributed by atoms with Gasteiger partial charge in [-0.2, -0.15) is 5.10 Å². The molecule has 2 aromatic heterocycles. The largest absolute Gasteiger partial charge is 0.463 e. The lowest BCUT2D eigenvalue weighted by Crippen LogP contribution is -2.26. The van der Waals surface area contributed by atoms with Gasteiger partial charge in [0.15, 0.2) is 5.76 Å². The number of aromatic nitrogens is 2. The number of halogens is 1. The van der Waals surface area contributed by atoms with Crippen LogP contribution in [0.4, 0.5) is 0 Å². The van der Waals surface area contributed by atoms with Gasteiger partial charge in [-0.15, -0.1) is 0 Å². The van der Waals surface area contributed by atoms with Crippen molar-refractivity contribution >= 4 is 17.5 Å². The molecule has 23 heavy (non-hydrogen) atoms. The summed E-state index contributed by atoms with van der Waals surface area (Å²) in [5.41, 5.74) is 1.81. The average Bonchev–Trinajstić information content (AvgIpc) is 3.22. The van der Waals surface area contributed by atoms with Gasteiger partial charge in [0.2, 0.25) is 0 Å². The first-order valence-corrected chi connectivity index (χ1v) is 7.75. The number of nitrogens with one attached hydrogen (secondary N) is 1. The van der Waals surface area contributed by atoms with E-state index in [9.17, 15) is 4.79 Å². The number of nitrogens with zero attached hydrogens (tertiary/aromatic N) is 2. The van der Waals surface area contributed by atoms with Crippen LogP contribution >= 0.6 is 11.6 Å². The molecule has 0 aliphatic carbocycles. The third-order valence-electron chi connectivity index (χ3n) is 3.32. The second kappa shape index (κ2) is 6.71. The molecule has 0 fully saturated rings. The van der Waals surface area contributed by atoms with Crippen LogP contribution in [0.1, 0.15) is 23.8 Å². The highest BCUT2D eigenvalue weighted by Crippen LogP contribution is 2.23. The molecule has 3 rings (SSSR count). The Morgan fingerprint density at radius 1 is 1.30 bits per heavy atom. The fourth-order valence-electron chi connectivity index (χ4n) is 2.20. The van der Waals surface area contributed by atoms with Gasteiger partial charge in [0.1, 0.15) is 11.4 Å². The van der Waals surface area contributed by atoms with E-state index in [1.807, 2.05) is 25.1 Å². The van der Waals surface area contributed by atoms with Crippen molar-refractivity contribution in [2.75, 3.05) is 6.54 Å². The molecular formula is C17H16ClN3O2. The van der Waals surface area contributed by atoms with E-state index in [0.29, 0.717) is 28.7 Å². The number of furan rings is 1. The summed E-state index contributed by atoms with van der Waals surface area (Å²) in [5, 5.41) is 8.00. The van der Waals surface area contributed by atoms with Crippen molar-refractivity contribution in [1.82, 2.24) is 15.1 Å². The number of hydrogen-bond acceptors (Lipinski definition) is 3. The fraction of sp³-hybridized carbons (Fsp3) is 0.176. The Morgan fingerprint density at radius 3 is 2.74 bits per heavy atom. The van der Waals surface area contributed by atoms with E-state index >= 15 is 0 Å². The summed E-state index contributed by atoms with van der Waals surface area (Å²) in [6, 6.07) is 12.5. The molecule has 118 valence electrons. The highest BCUT2D eigenvalue weighted by molar-refractivity contribution is 6.30. The molecule has 0 aliphatic rings. The second-order valence-electron chi connectivity index (χ2n) is 5.04. The Bertz CT molecular complexity index is 792. The van der Waals surface area contributed by atoms with E-state index in [2.05, 4.69) is 10.4 Å². The number of amides is 1. The van der Waals surface area contributed by atoms with Gasteiger partial charge in [0.05, 0.1) is 12.0 Å². The van der Waals surface area contributed by atoms with Crippen molar-refractivity contribution in [2.45, 2.75) is 13.3 Å². The van der Waals surface area contributed by atoms with Crippen LogP contribution in [0.25, 0.3) is 17.1 Å². The normalized spacial score (nSPS) is 10.7. The first kappa shape index (κ1) is 15.4. The molecule has 0 saturated carbocycles. The monoisotopic (exact) mass is 329 g/mol. The summed E-state index contributed by atoms with van der Waals surface area (Å²) in [4.78, 5) is 12.4. The minimum atomic E-state index is -0.174. The molecule has 6 heteroatoms. The van der Waals surface area contributed by atoms with Crippen molar-refractivity contribution in [1.29, 1.82) is 0 Å². The first-order valence-electron chi connectivity index (χ1n) is 7.37. The lowest BCUT2D eigenvalue weighted by Gasteiger charge is -2.07. The van der Waals surface area contributed by atoms with Crippen molar-refractivity contribution in [3.05, 3.63) is 59.4 Å². The van der Waals surface area contributed by atoms with Crippen LogP contribution in [0.5, 0.6) is 0 Å². The molecule has 3 aromatic rings. The summed E-state index contributed by atoms with van der Waals surface area (Å²) < 4.78 is 6.97. The predicted molar refractivity (Wildman–Crippen MR) is 88.9 cm³/mol. The summed E-state index contributed by atoms with van der Waals surface area (Å²) in [5.74, 6) is 0.439. The van der Waals surface area contributed by atoms with E-state index in [1.165, 1.54) is 0 Å². The van der Waals surface area contributed by atoms with Gasteiger partial charge in [-0.3, -0.25) is 4.79 Å². The smallest absolute Gasteiger partial charge is 0.270 e. The number of benzene rings is 1. The Morgan fingerprint density at radius 2 is 2.09 bits per heavy atom. The first-order chi connectivity index (χ1) is 11.2. The van der Waals surface area contributed by atoms with Crippen molar-refractivity contribution < 1.29 is 9.21 Å². The minimum Gasteiger partial charge on any atom is -0.463 e. The molecule has 0 bridgehead atoms. The van der Waals surface area contributed by atoms with E-state index < -0.39 is 0 Å². The molecule has 2 heterocycles. The predicted octanol–water partition coefficient (Wildman–Crippen LogP) is 3.93. The zero-order valence-corrected chi connectivity index (χ0v) is 13.4.